The van der Waals surface area contributed by atoms with Crippen molar-refractivity contribution in [2.75, 3.05) is 39.4 Å². The second kappa shape index (κ2) is 9.94. The Morgan fingerprint density at radius 3 is 2.41 bits per heavy atom. The molecule has 1 atom stereocenters. The zero-order chi connectivity index (χ0) is 18.3. The zero-order valence-corrected chi connectivity index (χ0v) is 16.8. The molecule has 2 saturated heterocycles. The molecular weight excluding hydrogens is 336 g/mol. The van der Waals surface area contributed by atoms with Gasteiger partial charge in [-0.2, -0.15) is 0 Å². The van der Waals surface area contributed by atoms with Crippen molar-refractivity contribution >= 4 is 0 Å². The summed E-state index contributed by atoms with van der Waals surface area (Å²) in [5.41, 5.74) is 1.29. The van der Waals surface area contributed by atoms with Gasteiger partial charge in [-0.15, -0.1) is 0 Å². The maximum absolute atomic E-state index is 5.48. The van der Waals surface area contributed by atoms with Crippen molar-refractivity contribution in [3.05, 3.63) is 23.8 Å². The number of likely N-dealkylation sites (tertiary alicyclic amines) is 1. The first-order valence-corrected chi connectivity index (χ1v) is 11.2. The first-order chi connectivity index (χ1) is 13.4. The summed E-state index contributed by atoms with van der Waals surface area (Å²) in [6.07, 6.45) is 16.1. The Hall–Kier alpha value is -1.04. The first-order valence-electron chi connectivity index (χ1n) is 11.2. The van der Waals surface area contributed by atoms with Crippen LogP contribution in [0, 0.1) is 0 Å². The summed E-state index contributed by atoms with van der Waals surface area (Å²) in [6, 6.07) is 0.708. The molecule has 27 heavy (non-hydrogen) atoms. The second-order valence-corrected chi connectivity index (χ2v) is 8.65. The lowest BCUT2D eigenvalue weighted by Gasteiger charge is -2.37. The van der Waals surface area contributed by atoms with Crippen LogP contribution in [0.4, 0.5) is 0 Å². The zero-order valence-electron chi connectivity index (χ0n) is 16.8. The van der Waals surface area contributed by atoms with Crippen LogP contribution in [0.3, 0.4) is 0 Å². The van der Waals surface area contributed by atoms with Crippen molar-refractivity contribution in [3.63, 3.8) is 0 Å². The van der Waals surface area contributed by atoms with Gasteiger partial charge in [0.05, 0.1) is 13.2 Å². The number of piperidine rings is 1. The van der Waals surface area contributed by atoms with Crippen molar-refractivity contribution in [2.45, 2.75) is 76.3 Å². The van der Waals surface area contributed by atoms with Gasteiger partial charge < -0.3 is 4.74 Å². The van der Waals surface area contributed by atoms with E-state index in [-0.39, 0.29) is 0 Å². The van der Waals surface area contributed by atoms with Crippen molar-refractivity contribution in [1.82, 2.24) is 19.8 Å². The molecule has 3 aliphatic rings. The van der Waals surface area contributed by atoms with E-state index in [1.54, 1.807) is 0 Å². The van der Waals surface area contributed by atoms with Crippen LogP contribution in [0.1, 0.15) is 75.1 Å². The monoisotopic (exact) mass is 372 g/mol. The predicted octanol–water partition coefficient (Wildman–Crippen LogP) is 3.60. The molecule has 1 aromatic rings. The lowest BCUT2D eigenvalue weighted by molar-refractivity contribution is 0.0302. The van der Waals surface area contributed by atoms with E-state index in [2.05, 4.69) is 22.2 Å². The molecule has 3 heterocycles. The van der Waals surface area contributed by atoms with Crippen LogP contribution in [-0.4, -0.2) is 65.2 Å². The smallest absolute Gasteiger partial charge is 0.131 e. The summed E-state index contributed by atoms with van der Waals surface area (Å²) in [7, 11) is 0. The third-order valence-electron chi connectivity index (χ3n) is 6.71. The van der Waals surface area contributed by atoms with Gasteiger partial charge in [-0.1, -0.05) is 25.7 Å². The van der Waals surface area contributed by atoms with Gasteiger partial charge in [0.15, 0.2) is 0 Å². The number of hydrogen-bond acceptors (Lipinski definition) is 5. The molecule has 5 nitrogen and oxygen atoms in total. The maximum Gasteiger partial charge on any atom is 0.131 e. The number of nitrogens with zero attached hydrogens (tertiary/aromatic N) is 4. The van der Waals surface area contributed by atoms with E-state index in [0.717, 1.165) is 38.7 Å². The number of aromatic nitrogens is 2. The SMILES string of the molecule is c1nc(C2CCCCC2)ncc1CN1CCCCC1CCN1CCOCC1. The Morgan fingerprint density at radius 2 is 1.63 bits per heavy atom. The van der Waals surface area contributed by atoms with Crippen molar-refractivity contribution in [1.29, 1.82) is 0 Å². The van der Waals surface area contributed by atoms with Crippen molar-refractivity contribution < 1.29 is 4.74 Å². The Kier molecular flexibility index (Phi) is 7.10. The molecule has 0 N–H and O–H groups in total. The molecule has 1 aromatic heterocycles. The Labute approximate surface area is 164 Å². The van der Waals surface area contributed by atoms with Crippen LogP contribution in [-0.2, 0) is 11.3 Å². The van der Waals surface area contributed by atoms with Gasteiger partial charge in [-0.25, -0.2) is 9.97 Å². The highest BCUT2D eigenvalue weighted by Gasteiger charge is 2.24. The average molecular weight is 373 g/mol. The molecule has 4 rings (SSSR count). The molecule has 1 unspecified atom stereocenters. The lowest BCUT2D eigenvalue weighted by atomic mass is 9.89. The molecule has 0 amide bonds. The molecule has 150 valence electrons. The predicted molar refractivity (Wildman–Crippen MR) is 108 cm³/mol. The molecular formula is C22H36N4O. The van der Waals surface area contributed by atoms with Gasteiger partial charge in [0.2, 0.25) is 0 Å². The van der Waals surface area contributed by atoms with Crippen molar-refractivity contribution in [3.8, 4) is 0 Å². The molecule has 1 saturated carbocycles. The van der Waals surface area contributed by atoms with Gasteiger partial charge in [0, 0.05) is 49.6 Å². The van der Waals surface area contributed by atoms with Crippen LogP contribution in [0.15, 0.2) is 12.4 Å². The highest BCUT2D eigenvalue weighted by molar-refractivity contribution is 5.08. The topological polar surface area (TPSA) is 41.5 Å². The molecule has 3 fully saturated rings. The summed E-state index contributed by atoms with van der Waals surface area (Å²) < 4.78 is 5.48. The average Bonchev–Trinajstić information content (AvgIpc) is 2.75. The molecule has 0 bridgehead atoms. The minimum atomic E-state index is 0.601. The molecule has 0 radical (unpaired) electrons. The fraction of sp³-hybridized carbons (Fsp3) is 0.818. The Bertz CT molecular complexity index is 552. The third-order valence-corrected chi connectivity index (χ3v) is 6.71. The normalized spacial score (nSPS) is 26.3. The summed E-state index contributed by atoms with van der Waals surface area (Å²) in [6.45, 7) is 7.45. The van der Waals surface area contributed by atoms with Gasteiger partial charge in [0.25, 0.3) is 0 Å². The highest BCUT2D eigenvalue weighted by atomic mass is 16.5. The van der Waals surface area contributed by atoms with Crippen LogP contribution in [0.5, 0.6) is 0 Å². The maximum atomic E-state index is 5.48. The van der Waals surface area contributed by atoms with Crippen LogP contribution < -0.4 is 0 Å². The van der Waals surface area contributed by atoms with E-state index in [1.165, 1.54) is 76.4 Å². The van der Waals surface area contributed by atoms with E-state index < -0.39 is 0 Å². The molecule has 2 aliphatic heterocycles. The molecule has 0 aromatic carbocycles. The molecule has 5 heteroatoms. The fourth-order valence-electron chi connectivity index (χ4n) is 5.00. The van der Waals surface area contributed by atoms with Gasteiger partial charge in [-0.3, -0.25) is 9.80 Å². The van der Waals surface area contributed by atoms with Crippen LogP contribution >= 0.6 is 0 Å². The fourth-order valence-corrected chi connectivity index (χ4v) is 5.00. The third kappa shape index (κ3) is 5.49. The largest absolute Gasteiger partial charge is 0.379 e. The summed E-state index contributed by atoms with van der Waals surface area (Å²) in [5, 5.41) is 0. The number of hydrogen-bond donors (Lipinski definition) is 0. The quantitative estimate of drug-likeness (QED) is 0.763. The Balaban J connectivity index is 1.30. The lowest BCUT2D eigenvalue weighted by Crippen LogP contribution is -2.43. The van der Waals surface area contributed by atoms with E-state index in [0.29, 0.717) is 12.0 Å². The summed E-state index contributed by atoms with van der Waals surface area (Å²) in [4.78, 5) is 14.8. The minimum Gasteiger partial charge on any atom is -0.379 e. The van der Waals surface area contributed by atoms with Crippen LogP contribution in [0.25, 0.3) is 0 Å². The van der Waals surface area contributed by atoms with E-state index >= 15 is 0 Å². The van der Waals surface area contributed by atoms with E-state index in [4.69, 9.17) is 14.7 Å². The molecule has 1 aliphatic carbocycles. The minimum absolute atomic E-state index is 0.601. The van der Waals surface area contributed by atoms with Gasteiger partial charge in [0.1, 0.15) is 5.82 Å². The Morgan fingerprint density at radius 1 is 0.889 bits per heavy atom. The van der Waals surface area contributed by atoms with Crippen LogP contribution in [0.2, 0.25) is 0 Å². The number of morpholine rings is 1. The molecule has 0 spiro atoms. The summed E-state index contributed by atoms with van der Waals surface area (Å²) in [5.74, 6) is 1.69. The highest BCUT2D eigenvalue weighted by Crippen LogP contribution is 2.30. The summed E-state index contributed by atoms with van der Waals surface area (Å²) >= 11 is 0. The van der Waals surface area contributed by atoms with Gasteiger partial charge in [-0.05, 0) is 45.2 Å². The number of ether oxygens (including phenoxy) is 1. The van der Waals surface area contributed by atoms with Crippen molar-refractivity contribution in [2.24, 2.45) is 0 Å². The van der Waals surface area contributed by atoms with Gasteiger partial charge >= 0.3 is 0 Å². The second-order valence-electron chi connectivity index (χ2n) is 8.65. The van der Waals surface area contributed by atoms with E-state index in [9.17, 15) is 0 Å². The first kappa shape index (κ1) is 19.3. The standard InChI is InChI=1S/C22H36N4O/c1-2-6-20(7-3-1)22-23-16-19(17-24-22)18-26-10-5-4-8-21(26)9-11-25-12-14-27-15-13-25/h16-17,20-21H,1-15,18H2. The van der Waals surface area contributed by atoms with E-state index in [1.807, 2.05) is 0 Å². The number of rotatable bonds is 6.